The van der Waals surface area contributed by atoms with E-state index in [0.29, 0.717) is 29.2 Å². The number of amides is 1. The standard InChI is InChI=1S/C20H24FNO5/c1-25-17-9-7-13(19(26-2)20(17)27-3)8-10-18(24)22-12-16(23)14-5-4-6-15(21)11-14/h4-7,9,11,16,23H,8,10,12H2,1-3H3,(H,22,24). The summed E-state index contributed by atoms with van der Waals surface area (Å²) in [5, 5.41) is 12.7. The minimum atomic E-state index is -0.972. The number of methoxy groups -OCH3 is 3. The van der Waals surface area contributed by atoms with Crippen molar-refractivity contribution in [1.29, 1.82) is 0 Å². The molecule has 146 valence electrons. The van der Waals surface area contributed by atoms with Crippen LogP contribution in [0.4, 0.5) is 4.39 Å². The average Bonchev–Trinajstić information content (AvgIpc) is 2.69. The van der Waals surface area contributed by atoms with Crippen LogP contribution in [0, 0.1) is 5.82 Å². The summed E-state index contributed by atoms with van der Waals surface area (Å²) in [5.74, 6) is 0.866. The first-order chi connectivity index (χ1) is 13.0. The zero-order chi connectivity index (χ0) is 19.8. The molecule has 0 aliphatic rings. The van der Waals surface area contributed by atoms with Crippen LogP contribution in [0.2, 0.25) is 0 Å². The summed E-state index contributed by atoms with van der Waals surface area (Å²) >= 11 is 0. The van der Waals surface area contributed by atoms with Gasteiger partial charge in [0, 0.05) is 13.0 Å². The molecule has 2 aromatic rings. The van der Waals surface area contributed by atoms with Gasteiger partial charge in [0.25, 0.3) is 0 Å². The lowest BCUT2D eigenvalue weighted by atomic mass is 10.1. The highest BCUT2D eigenvalue weighted by atomic mass is 19.1. The first-order valence-electron chi connectivity index (χ1n) is 8.48. The van der Waals surface area contributed by atoms with Crippen molar-refractivity contribution in [2.75, 3.05) is 27.9 Å². The summed E-state index contributed by atoms with van der Waals surface area (Å²) in [5.41, 5.74) is 1.22. The number of hydrogen-bond donors (Lipinski definition) is 2. The fraction of sp³-hybridized carbons (Fsp3) is 0.350. The van der Waals surface area contributed by atoms with Crippen molar-refractivity contribution in [3.05, 3.63) is 53.3 Å². The van der Waals surface area contributed by atoms with Gasteiger partial charge in [0.1, 0.15) is 5.82 Å². The maximum atomic E-state index is 13.2. The normalized spacial score (nSPS) is 11.6. The molecule has 0 saturated carbocycles. The van der Waals surface area contributed by atoms with Gasteiger partial charge in [-0.05, 0) is 35.7 Å². The van der Waals surface area contributed by atoms with Crippen LogP contribution in [-0.4, -0.2) is 38.9 Å². The Hall–Kier alpha value is -2.80. The molecule has 0 fully saturated rings. The maximum Gasteiger partial charge on any atom is 0.220 e. The quantitative estimate of drug-likeness (QED) is 0.703. The second kappa shape index (κ2) is 9.78. The highest BCUT2D eigenvalue weighted by Gasteiger charge is 2.17. The molecule has 0 aliphatic carbocycles. The molecular weight excluding hydrogens is 353 g/mol. The largest absolute Gasteiger partial charge is 0.493 e. The van der Waals surface area contributed by atoms with Gasteiger partial charge in [0.2, 0.25) is 11.7 Å². The molecular formula is C20H24FNO5. The molecule has 0 saturated heterocycles. The van der Waals surface area contributed by atoms with Crippen LogP contribution in [0.3, 0.4) is 0 Å². The van der Waals surface area contributed by atoms with E-state index in [9.17, 15) is 14.3 Å². The average molecular weight is 377 g/mol. The summed E-state index contributed by atoms with van der Waals surface area (Å²) in [4.78, 5) is 12.1. The van der Waals surface area contributed by atoms with Crippen molar-refractivity contribution in [3.63, 3.8) is 0 Å². The van der Waals surface area contributed by atoms with E-state index in [4.69, 9.17) is 14.2 Å². The summed E-state index contributed by atoms with van der Waals surface area (Å²) in [6, 6.07) is 9.22. The third-order valence-electron chi connectivity index (χ3n) is 4.13. The lowest BCUT2D eigenvalue weighted by molar-refractivity contribution is -0.121. The molecule has 2 rings (SSSR count). The highest BCUT2D eigenvalue weighted by molar-refractivity contribution is 5.76. The van der Waals surface area contributed by atoms with Crippen molar-refractivity contribution >= 4 is 5.91 Å². The molecule has 0 aliphatic heterocycles. The van der Waals surface area contributed by atoms with Crippen LogP contribution in [0.1, 0.15) is 23.7 Å². The van der Waals surface area contributed by atoms with Gasteiger partial charge in [-0.15, -0.1) is 0 Å². The Morgan fingerprint density at radius 2 is 1.85 bits per heavy atom. The minimum absolute atomic E-state index is 0.00531. The number of aryl methyl sites for hydroxylation is 1. The summed E-state index contributed by atoms with van der Waals surface area (Å²) in [6.45, 7) is 0.00531. The molecule has 2 N–H and O–H groups in total. The Bertz CT molecular complexity index is 781. The summed E-state index contributed by atoms with van der Waals surface area (Å²) < 4.78 is 29.2. The smallest absolute Gasteiger partial charge is 0.220 e. The topological polar surface area (TPSA) is 77.0 Å². The number of carbonyl (C=O) groups is 1. The zero-order valence-electron chi connectivity index (χ0n) is 15.6. The fourth-order valence-corrected chi connectivity index (χ4v) is 2.74. The van der Waals surface area contributed by atoms with Gasteiger partial charge < -0.3 is 24.6 Å². The van der Waals surface area contributed by atoms with E-state index < -0.39 is 11.9 Å². The predicted molar refractivity (Wildman–Crippen MR) is 98.8 cm³/mol. The van der Waals surface area contributed by atoms with Gasteiger partial charge in [0.15, 0.2) is 11.5 Å². The number of halogens is 1. The van der Waals surface area contributed by atoms with Crippen molar-refractivity contribution in [2.45, 2.75) is 18.9 Å². The number of carbonyl (C=O) groups excluding carboxylic acids is 1. The molecule has 0 spiro atoms. The number of aliphatic hydroxyl groups is 1. The Kier molecular flexibility index (Phi) is 7.43. The zero-order valence-corrected chi connectivity index (χ0v) is 15.6. The lowest BCUT2D eigenvalue weighted by Crippen LogP contribution is -2.28. The minimum Gasteiger partial charge on any atom is -0.493 e. The Morgan fingerprint density at radius 3 is 2.48 bits per heavy atom. The monoisotopic (exact) mass is 377 g/mol. The summed E-state index contributed by atoms with van der Waals surface area (Å²) in [6.07, 6.45) is -0.354. The second-order valence-corrected chi connectivity index (χ2v) is 5.87. The first-order valence-corrected chi connectivity index (χ1v) is 8.48. The van der Waals surface area contributed by atoms with Gasteiger partial charge >= 0.3 is 0 Å². The Morgan fingerprint density at radius 1 is 1.11 bits per heavy atom. The molecule has 2 aromatic carbocycles. The second-order valence-electron chi connectivity index (χ2n) is 5.87. The fourth-order valence-electron chi connectivity index (χ4n) is 2.74. The number of nitrogens with one attached hydrogen (secondary N) is 1. The van der Waals surface area contributed by atoms with E-state index in [1.807, 2.05) is 6.07 Å². The molecule has 27 heavy (non-hydrogen) atoms. The van der Waals surface area contributed by atoms with E-state index >= 15 is 0 Å². The molecule has 6 nitrogen and oxygen atoms in total. The number of benzene rings is 2. The van der Waals surface area contributed by atoms with Crippen LogP contribution in [0.25, 0.3) is 0 Å². The van der Waals surface area contributed by atoms with Crippen LogP contribution in [-0.2, 0) is 11.2 Å². The third-order valence-corrected chi connectivity index (χ3v) is 4.13. The lowest BCUT2D eigenvalue weighted by Gasteiger charge is -2.16. The Balaban J connectivity index is 1.93. The summed E-state index contributed by atoms with van der Waals surface area (Å²) in [7, 11) is 4.58. The molecule has 7 heteroatoms. The van der Waals surface area contributed by atoms with Gasteiger partial charge in [-0.2, -0.15) is 0 Å². The maximum absolute atomic E-state index is 13.2. The van der Waals surface area contributed by atoms with E-state index in [-0.39, 0.29) is 18.9 Å². The third kappa shape index (κ3) is 5.34. The van der Waals surface area contributed by atoms with E-state index in [1.165, 1.54) is 39.5 Å². The van der Waals surface area contributed by atoms with Crippen LogP contribution in [0.15, 0.2) is 36.4 Å². The van der Waals surface area contributed by atoms with Gasteiger partial charge in [-0.3, -0.25) is 4.79 Å². The van der Waals surface area contributed by atoms with Crippen molar-refractivity contribution < 1.29 is 28.5 Å². The highest BCUT2D eigenvalue weighted by Crippen LogP contribution is 2.40. The van der Waals surface area contributed by atoms with Gasteiger partial charge in [-0.25, -0.2) is 4.39 Å². The van der Waals surface area contributed by atoms with E-state index in [0.717, 1.165) is 5.56 Å². The van der Waals surface area contributed by atoms with Crippen molar-refractivity contribution in [3.8, 4) is 17.2 Å². The van der Waals surface area contributed by atoms with Crippen LogP contribution < -0.4 is 19.5 Å². The number of hydrogen-bond acceptors (Lipinski definition) is 5. The van der Waals surface area contributed by atoms with E-state index in [2.05, 4.69) is 5.32 Å². The van der Waals surface area contributed by atoms with Crippen molar-refractivity contribution in [1.82, 2.24) is 5.32 Å². The van der Waals surface area contributed by atoms with Crippen LogP contribution in [0.5, 0.6) is 17.2 Å². The number of ether oxygens (including phenoxy) is 3. The SMILES string of the molecule is COc1ccc(CCC(=O)NCC(O)c2cccc(F)c2)c(OC)c1OC. The Labute approximate surface area is 157 Å². The van der Waals surface area contributed by atoms with Crippen LogP contribution >= 0.6 is 0 Å². The molecule has 0 radical (unpaired) electrons. The molecule has 1 atom stereocenters. The number of rotatable bonds is 9. The van der Waals surface area contributed by atoms with Gasteiger partial charge in [-0.1, -0.05) is 18.2 Å². The van der Waals surface area contributed by atoms with Gasteiger partial charge in [0.05, 0.1) is 27.4 Å². The predicted octanol–water partition coefficient (Wildman–Crippen LogP) is 2.63. The number of aliphatic hydroxyl groups excluding tert-OH is 1. The van der Waals surface area contributed by atoms with Crippen molar-refractivity contribution in [2.24, 2.45) is 0 Å². The van der Waals surface area contributed by atoms with E-state index in [1.54, 1.807) is 12.1 Å². The first kappa shape index (κ1) is 20.5. The molecule has 1 unspecified atom stereocenters. The molecule has 0 aromatic heterocycles. The molecule has 0 heterocycles. The molecule has 0 bridgehead atoms. The molecule has 1 amide bonds.